The van der Waals surface area contributed by atoms with Crippen molar-refractivity contribution < 1.29 is 12.6 Å². The quantitative estimate of drug-likeness (QED) is 0.797. The fourth-order valence-corrected chi connectivity index (χ4v) is 2.83. The Hall–Kier alpha value is -1.33. The Morgan fingerprint density at radius 3 is 2.26 bits per heavy atom. The summed E-state index contributed by atoms with van der Waals surface area (Å²) in [7, 11) is -3.79. The number of hydrogen-bond acceptors (Lipinski definition) is 3. The van der Waals surface area contributed by atoms with E-state index in [1.165, 1.54) is 12.1 Å². The molecule has 0 aliphatic carbocycles. The van der Waals surface area contributed by atoms with Gasteiger partial charge >= 0.3 is 10.1 Å². The van der Waals surface area contributed by atoms with Gasteiger partial charge in [-0.25, -0.2) is 0 Å². The third-order valence-electron chi connectivity index (χ3n) is 2.86. The van der Waals surface area contributed by atoms with Crippen LogP contribution in [-0.4, -0.2) is 8.42 Å². The molecule has 2 aromatic carbocycles. The average molecular weight is 341 g/mol. The fraction of sp³-hybridized carbons (Fsp3) is 0.143. The molecule has 0 N–H and O–H groups in total. The SMILES string of the molecule is Cc1cccc(OS(=O)(=O)c2ccc(Br)cc2)c1C. The molecule has 5 heteroatoms. The first-order valence-corrected chi connectivity index (χ1v) is 7.86. The molecule has 0 amide bonds. The van der Waals surface area contributed by atoms with Gasteiger partial charge in [0.2, 0.25) is 0 Å². The van der Waals surface area contributed by atoms with Crippen LogP contribution in [0.1, 0.15) is 11.1 Å². The van der Waals surface area contributed by atoms with Gasteiger partial charge in [-0.15, -0.1) is 0 Å². The van der Waals surface area contributed by atoms with Crippen molar-refractivity contribution in [3.05, 3.63) is 58.1 Å². The third kappa shape index (κ3) is 3.16. The van der Waals surface area contributed by atoms with Crippen LogP contribution in [0.5, 0.6) is 5.75 Å². The summed E-state index contributed by atoms with van der Waals surface area (Å²) in [5.74, 6) is 0.364. The van der Waals surface area contributed by atoms with E-state index in [-0.39, 0.29) is 4.90 Å². The number of hydrogen-bond donors (Lipinski definition) is 0. The maximum Gasteiger partial charge on any atom is 0.339 e. The molecule has 0 radical (unpaired) electrons. The molecule has 19 heavy (non-hydrogen) atoms. The van der Waals surface area contributed by atoms with E-state index >= 15 is 0 Å². The smallest absolute Gasteiger partial charge is 0.339 e. The van der Waals surface area contributed by atoms with Crippen molar-refractivity contribution in [2.75, 3.05) is 0 Å². The molecule has 0 bridgehead atoms. The predicted molar refractivity (Wildman–Crippen MR) is 77.9 cm³/mol. The number of aryl methyl sites for hydroxylation is 1. The maximum absolute atomic E-state index is 12.1. The van der Waals surface area contributed by atoms with Gasteiger partial charge in [0.1, 0.15) is 10.6 Å². The van der Waals surface area contributed by atoms with Crippen LogP contribution in [-0.2, 0) is 10.1 Å². The van der Waals surface area contributed by atoms with Crippen molar-refractivity contribution in [2.45, 2.75) is 18.7 Å². The molecule has 0 aliphatic heterocycles. The fourth-order valence-electron chi connectivity index (χ4n) is 1.58. The second kappa shape index (κ2) is 5.35. The van der Waals surface area contributed by atoms with E-state index in [1.54, 1.807) is 24.3 Å². The minimum absolute atomic E-state index is 0.136. The van der Waals surface area contributed by atoms with Gasteiger partial charge in [0.05, 0.1) is 0 Å². The van der Waals surface area contributed by atoms with E-state index in [0.29, 0.717) is 5.75 Å². The van der Waals surface area contributed by atoms with E-state index in [2.05, 4.69) is 15.9 Å². The molecule has 2 rings (SSSR count). The molecule has 0 fully saturated rings. The largest absolute Gasteiger partial charge is 0.379 e. The van der Waals surface area contributed by atoms with Gasteiger partial charge in [-0.1, -0.05) is 28.1 Å². The molecular weight excluding hydrogens is 328 g/mol. The van der Waals surface area contributed by atoms with Crippen LogP contribution in [0, 0.1) is 13.8 Å². The highest BCUT2D eigenvalue weighted by Gasteiger charge is 2.17. The minimum atomic E-state index is -3.79. The van der Waals surface area contributed by atoms with Crippen molar-refractivity contribution in [3.63, 3.8) is 0 Å². The van der Waals surface area contributed by atoms with Crippen molar-refractivity contribution in [1.82, 2.24) is 0 Å². The highest BCUT2D eigenvalue weighted by molar-refractivity contribution is 9.10. The first-order chi connectivity index (χ1) is 8.90. The first kappa shape index (κ1) is 14.1. The molecule has 100 valence electrons. The van der Waals surface area contributed by atoms with E-state index < -0.39 is 10.1 Å². The lowest BCUT2D eigenvalue weighted by Crippen LogP contribution is -2.10. The van der Waals surface area contributed by atoms with E-state index in [1.807, 2.05) is 19.9 Å². The van der Waals surface area contributed by atoms with E-state index in [4.69, 9.17) is 4.18 Å². The van der Waals surface area contributed by atoms with Gasteiger partial charge in [-0.05, 0) is 55.3 Å². The van der Waals surface area contributed by atoms with E-state index in [0.717, 1.165) is 15.6 Å². The molecular formula is C14H13BrO3S. The summed E-state index contributed by atoms with van der Waals surface area (Å²) in [6.45, 7) is 3.75. The summed E-state index contributed by atoms with van der Waals surface area (Å²) in [5.41, 5.74) is 1.81. The van der Waals surface area contributed by atoms with Crippen LogP contribution in [0.2, 0.25) is 0 Å². The summed E-state index contributed by atoms with van der Waals surface area (Å²) in [4.78, 5) is 0.136. The summed E-state index contributed by atoms with van der Waals surface area (Å²) >= 11 is 3.26. The lowest BCUT2D eigenvalue weighted by molar-refractivity contribution is 0.484. The Bertz CT molecular complexity index is 691. The Morgan fingerprint density at radius 1 is 1.00 bits per heavy atom. The van der Waals surface area contributed by atoms with Crippen molar-refractivity contribution in [2.24, 2.45) is 0 Å². The van der Waals surface area contributed by atoms with Gasteiger partial charge in [0.25, 0.3) is 0 Å². The number of halogens is 1. The minimum Gasteiger partial charge on any atom is -0.379 e. The van der Waals surface area contributed by atoms with Gasteiger partial charge in [0.15, 0.2) is 0 Å². The van der Waals surface area contributed by atoms with Crippen LogP contribution in [0.4, 0.5) is 0 Å². The Labute approximate surface area is 121 Å². The first-order valence-electron chi connectivity index (χ1n) is 5.66. The molecule has 0 atom stereocenters. The number of benzene rings is 2. The van der Waals surface area contributed by atoms with Crippen LogP contribution in [0.15, 0.2) is 51.8 Å². The Kier molecular flexibility index (Phi) is 3.96. The molecule has 0 saturated carbocycles. The average Bonchev–Trinajstić information content (AvgIpc) is 2.35. The van der Waals surface area contributed by atoms with Crippen LogP contribution in [0.3, 0.4) is 0 Å². The lowest BCUT2D eigenvalue weighted by Gasteiger charge is -2.10. The second-order valence-corrected chi connectivity index (χ2v) is 6.65. The molecule has 3 nitrogen and oxygen atoms in total. The zero-order valence-corrected chi connectivity index (χ0v) is 13.0. The van der Waals surface area contributed by atoms with Crippen LogP contribution < -0.4 is 4.18 Å². The molecule has 0 heterocycles. The Balaban J connectivity index is 2.36. The normalized spacial score (nSPS) is 11.3. The molecule has 0 aromatic heterocycles. The van der Waals surface area contributed by atoms with Gasteiger partial charge in [0, 0.05) is 4.47 Å². The molecule has 0 saturated heterocycles. The van der Waals surface area contributed by atoms with Gasteiger partial charge < -0.3 is 4.18 Å². The van der Waals surface area contributed by atoms with Gasteiger partial charge in [-0.2, -0.15) is 8.42 Å². The monoisotopic (exact) mass is 340 g/mol. The zero-order valence-electron chi connectivity index (χ0n) is 10.6. The predicted octanol–water partition coefficient (Wildman–Crippen LogP) is 3.83. The highest BCUT2D eigenvalue weighted by atomic mass is 79.9. The Morgan fingerprint density at radius 2 is 1.63 bits per heavy atom. The molecule has 0 aliphatic rings. The van der Waals surface area contributed by atoms with Crippen molar-refractivity contribution in [1.29, 1.82) is 0 Å². The molecule has 0 spiro atoms. The molecule has 0 unspecified atom stereocenters. The maximum atomic E-state index is 12.1. The van der Waals surface area contributed by atoms with Crippen LogP contribution in [0.25, 0.3) is 0 Å². The molecule has 2 aromatic rings. The summed E-state index contributed by atoms with van der Waals surface area (Å²) < 4.78 is 30.3. The van der Waals surface area contributed by atoms with Crippen LogP contribution >= 0.6 is 15.9 Å². The topological polar surface area (TPSA) is 43.4 Å². The van der Waals surface area contributed by atoms with Crippen molar-refractivity contribution >= 4 is 26.0 Å². The van der Waals surface area contributed by atoms with E-state index in [9.17, 15) is 8.42 Å². The summed E-state index contributed by atoms with van der Waals surface area (Å²) in [6.07, 6.45) is 0. The standard InChI is InChI=1S/C14H13BrO3S/c1-10-4-3-5-14(11(10)2)18-19(16,17)13-8-6-12(15)7-9-13/h3-9H,1-2H3. The van der Waals surface area contributed by atoms with Crippen molar-refractivity contribution in [3.8, 4) is 5.75 Å². The lowest BCUT2D eigenvalue weighted by atomic mass is 10.1. The summed E-state index contributed by atoms with van der Waals surface area (Å²) in [5, 5.41) is 0. The second-order valence-electron chi connectivity index (χ2n) is 4.19. The third-order valence-corrected chi connectivity index (χ3v) is 4.63. The zero-order chi connectivity index (χ0) is 14.0. The summed E-state index contributed by atoms with van der Waals surface area (Å²) in [6, 6.07) is 11.7. The number of rotatable bonds is 3. The van der Waals surface area contributed by atoms with Gasteiger partial charge in [-0.3, -0.25) is 0 Å². The highest BCUT2D eigenvalue weighted by Crippen LogP contribution is 2.25.